The zero-order valence-electron chi connectivity index (χ0n) is 15.3. The number of nitriles is 1. The van der Waals surface area contributed by atoms with E-state index in [9.17, 15) is 5.26 Å². The first-order chi connectivity index (χ1) is 14.2. The minimum Gasteiger partial charge on any atom is -0.368 e. The zero-order valence-corrected chi connectivity index (χ0v) is 16.1. The number of nitrogens with zero attached hydrogens (tertiary/aromatic N) is 8. The first-order valence-corrected chi connectivity index (χ1v) is 9.54. The Hall–Kier alpha value is -3.29. The molecule has 1 aliphatic carbocycles. The maximum Gasteiger partial charge on any atom is 0.290 e. The molecule has 2 atom stereocenters. The molecule has 0 N–H and O–H groups in total. The third-order valence-electron chi connectivity index (χ3n) is 5.65. The van der Waals surface area contributed by atoms with Crippen molar-refractivity contribution in [3.05, 3.63) is 47.7 Å². The van der Waals surface area contributed by atoms with Crippen molar-refractivity contribution in [3.63, 3.8) is 0 Å². The van der Waals surface area contributed by atoms with E-state index in [1.165, 1.54) is 4.90 Å². The van der Waals surface area contributed by atoms with Gasteiger partial charge in [-0.05, 0) is 24.1 Å². The average Bonchev–Trinajstić information content (AvgIpc) is 3.08. The van der Waals surface area contributed by atoms with Gasteiger partial charge in [-0.15, -0.1) is 0 Å². The first kappa shape index (κ1) is 16.6. The van der Waals surface area contributed by atoms with Gasteiger partial charge in [-0.3, -0.25) is 4.90 Å². The fourth-order valence-electron chi connectivity index (χ4n) is 3.96. The predicted molar refractivity (Wildman–Crippen MR) is 102 cm³/mol. The molecule has 10 nitrogen and oxygen atoms in total. The van der Waals surface area contributed by atoms with Crippen LogP contribution in [0.3, 0.4) is 0 Å². The van der Waals surface area contributed by atoms with Gasteiger partial charge in [-0.1, -0.05) is 29.8 Å². The average molecular weight is 411 g/mol. The normalized spacial score (nSPS) is 25.5. The predicted octanol–water partition coefficient (Wildman–Crippen LogP) is 2.41. The van der Waals surface area contributed by atoms with Gasteiger partial charge in [-0.25, -0.2) is 19.9 Å². The van der Waals surface area contributed by atoms with E-state index >= 15 is 0 Å². The molecule has 0 radical (unpaired) electrons. The molecule has 4 heterocycles. The highest BCUT2D eigenvalue weighted by atomic mass is 35.5. The molecule has 11 heteroatoms. The molecule has 6 rings (SSSR count). The number of halogens is 1. The minimum atomic E-state index is -0.677. The highest BCUT2D eigenvalue weighted by molar-refractivity contribution is 6.22. The third kappa shape index (κ3) is 2.11. The summed E-state index contributed by atoms with van der Waals surface area (Å²) in [5.41, 5.74) is 0.714. The molecular weight excluding hydrogens is 396 g/mol. The van der Waals surface area contributed by atoms with Crippen LogP contribution >= 0.6 is 11.6 Å². The van der Waals surface area contributed by atoms with Crippen molar-refractivity contribution in [1.82, 2.24) is 20.0 Å². The summed E-state index contributed by atoms with van der Waals surface area (Å²) in [6, 6.07) is 7.85. The second kappa shape index (κ2) is 5.62. The quantitative estimate of drug-likeness (QED) is 0.429. The van der Waals surface area contributed by atoms with Gasteiger partial charge in [0.2, 0.25) is 0 Å². The smallest absolute Gasteiger partial charge is 0.290 e. The Morgan fingerprint density at radius 2 is 2.17 bits per heavy atom. The number of aromatic nitrogens is 2. The molecule has 0 amide bonds. The molecule has 1 aromatic carbocycles. The van der Waals surface area contributed by atoms with Crippen LogP contribution in [0.4, 0.5) is 11.6 Å². The minimum absolute atomic E-state index is 0.324. The Bertz CT molecular complexity index is 1100. The standard InChI is InChI=1S/C18H15ClN8O2/c1-28-18(6-7-18)15-22-17(23-29-15)25-10-21-14-11-4-2-3-5-12(11)26-13(27(14)25)8-24(9-20)16(26)19/h2-5,8,10,14,16H,6-7H2,1H3. The Kier molecular flexibility index (Phi) is 3.23. The van der Waals surface area contributed by atoms with Gasteiger partial charge in [0.15, 0.2) is 23.8 Å². The van der Waals surface area contributed by atoms with E-state index in [0.717, 1.165) is 24.1 Å². The highest BCUT2D eigenvalue weighted by Crippen LogP contribution is 2.50. The Morgan fingerprint density at radius 1 is 1.34 bits per heavy atom. The van der Waals surface area contributed by atoms with Crippen LogP contribution in [0.5, 0.6) is 0 Å². The van der Waals surface area contributed by atoms with Crippen molar-refractivity contribution in [3.8, 4) is 6.19 Å². The van der Waals surface area contributed by atoms with Crippen LogP contribution in [0.15, 0.2) is 45.8 Å². The van der Waals surface area contributed by atoms with Crippen LogP contribution in [-0.2, 0) is 10.3 Å². The summed E-state index contributed by atoms with van der Waals surface area (Å²) >= 11 is 6.58. The van der Waals surface area contributed by atoms with Crippen LogP contribution in [-0.4, -0.2) is 39.1 Å². The molecule has 0 bridgehead atoms. The Labute approximate surface area is 170 Å². The molecule has 1 fully saturated rings. The summed E-state index contributed by atoms with van der Waals surface area (Å²) in [7, 11) is 1.64. The number of para-hydroxylation sites is 1. The topological polar surface area (TPSA) is 97.3 Å². The highest BCUT2D eigenvalue weighted by Gasteiger charge is 2.52. The van der Waals surface area contributed by atoms with Crippen LogP contribution < -0.4 is 9.91 Å². The monoisotopic (exact) mass is 410 g/mol. The van der Waals surface area contributed by atoms with E-state index in [0.29, 0.717) is 17.7 Å². The number of hydrazine groups is 1. The van der Waals surface area contributed by atoms with Gasteiger partial charge < -0.3 is 9.26 Å². The van der Waals surface area contributed by atoms with Gasteiger partial charge in [-0.2, -0.15) is 10.2 Å². The molecular formula is C18H15ClN8O2. The molecule has 3 aliphatic heterocycles. The number of hydrogen-bond donors (Lipinski definition) is 0. The van der Waals surface area contributed by atoms with Crippen molar-refractivity contribution >= 4 is 29.6 Å². The number of methoxy groups -OCH3 is 1. The zero-order chi connectivity index (χ0) is 19.8. The van der Waals surface area contributed by atoms with E-state index < -0.39 is 11.2 Å². The molecule has 146 valence electrons. The van der Waals surface area contributed by atoms with Crippen molar-refractivity contribution in [2.24, 2.45) is 4.99 Å². The molecule has 4 aliphatic rings. The largest absolute Gasteiger partial charge is 0.368 e. The molecule has 2 aromatic rings. The third-order valence-corrected chi connectivity index (χ3v) is 6.06. The number of anilines is 2. The van der Waals surface area contributed by atoms with E-state index in [4.69, 9.17) is 20.9 Å². The second-order valence-electron chi connectivity index (χ2n) is 7.16. The summed E-state index contributed by atoms with van der Waals surface area (Å²) in [4.78, 5) is 12.5. The van der Waals surface area contributed by atoms with Crippen LogP contribution in [0, 0.1) is 11.5 Å². The summed E-state index contributed by atoms with van der Waals surface area (Å²) in [5.74, 6) is 1.50. The number of alkyl halides is 1. The number of aliphatic imine (C=N–C) groups is 1. The second-order valence-corrected chi connectivity index (χ2v) is 7.55. The lowest BCUT2D eigenvalue weighted by Crippen LogP contribution is -2.48. The van der Waals surface area contributed by atoms with Gasteiger partial charge in [0.1, 0.15) is 11.9 Å². The lowest BCUT2D eigenvalue weighted by molar-refractivity contribution is 0.0492. The summed E-state index contributed by atoms with van der Waals surface area (Å²) in [5, 5.41) is 17.2. The molecule has 1 aromatic heterocycles. The van der Waals surface area contributed by atoms with E-state index in [2.05, 4.69) is 21.3 Å². The summed E-state index contributed by atoms with van der Waals surface area (Å²) < 4.78 is 11.0. The fraction of sp³-hybridized carbons (Fsp3) is 0.333. The number of rotatable bonds is 3. The number of hydrogen-bond acceptors (Lipinski definition) is 10. The fourth-order valence-corrected chi connectivity index (χ4v) is 4.27. The van der Waals surface area contributed by atoms with Gasteiger partial charge in [0.05, 0.1) is 11.9 Å². The van der Waals surface area contributed by atoms with Crippen molar-refractivity contribution < 1.29 is 9.26 Å². The molecule has 0 spiro atoms. The van der Waals surface area contributed by atoms with Crippen molar-refractivity contribution in [2.45, 2.75) is 30.2 Å². The van der Waals surface area contributed by atoms with Crippen LogP contribution in [0.1, 0.15) is 30.5 Å². The maximum atomic E-state index is 9.49. The Balaban J connectivity index is 1.44. The number of fused-ring (bicyclic) bond motifs is 6. The summed E-state index contributed by atoms with van der Waals surface area (Å²) in [6.45, 7) is 0. The van der Waals surface area contributed by atoms with Crippen molar-refractivity contribution in [2.75, 3.05) is 17.0 Å². The summed E-state index contributed by atoms with van der Waals surface area (Å²) in [6.07, 6.45) is 6.84. The molecule has 29 heavy (non-hydrogen) atoms. The van der Waals surface area contributed by atoms with E-state index in [1.807, 2.05) is 34.2 Å². The van der Waals surface area contributed by atoms with Gasteiger partial charge >= 0.3 is 0 Å². The van der Waals surface area contributed by atoms with Crippen molar-refractivity contribution in [1.29, 1.82) is 5.26 Å². The van der Waals surface area contributed by atoms with Crippen LogP contribution in [0.2, 0.25) is 0 Å². The van der Waals surface area contributed by atoms with Gasteiger partial charge in [0.25, 0.3) is 11.8 Å². The van der Waals surface area contributed by atoms with Gasteiger partial charge in [0, 0.05) is 12.7 Å². The number of benzene rings is 1. The molecule has 0 saturated heterocycles. The molecule has 2 unspecified atom stereocenters. The van der Waals surface area contributed by atoms with E-state index in [-0.39, 0.29) is 6.17 Å². The maximum absolute atomic E-state index is 9.49. The van der Waals surface area contributed by atoms with Crippen LogP contribution in [0.25, 0.3) is 0 Å². The lowest BCUT2D eigenvalue weighted by atomic mass is 10.1. The first-order valence-electron chi connectivity index (χ1n) is 9.10. The SMILES string of the molecule is COC1(c2nc(N3C=NC4c5ccccc5N5C(=CN(C#N)C5Cl)N43)no2)CC1. The number of ether oxygens (including phenoxy) is 1. The molecule has 1 saturated carbocycles. The Morgan fingerprint density at radius 3 is 2.93 bits per heavy atom. The van der Waals surface area contributed by atoms with E-state index in [1.54, 1.807) is 24.7 Å². The lowest BCUT2D eigenvalue weighted by Gasteiger charge is -2.42.